The van der Waals surface area contributed by atoms with Crippen LogP contribution in [0.5, 0.6) is 11.6 Å². The quantitative estimate of drug-likeness (QED) is 0.834. The minimum atomic E-state index is -0.756. The lowest BCUT2D eigenvalue weighted by molar-refractivity contribution is 0.419. The Kier molecular flexibility index (Phi) is 3.10. The first kappa shape index (κ1) is 12.2. The SMILES string of the molecule is Cc1ncc(Oc2cc(F)c(N)cc2F)nc1C. The maximum atomic E-state index is 13.5. The number of ether oxygens (including phenoxy) is 1. The molecule has 0 aliphatic carbocycles. The molecule has 2 aromatic rings. The van der Waals surface area contributed by atoms with Crippen LogP contribution < -0.4 is 10.5 Å². The van der Waals surface area contributed by atoms with E-state index in [1.165, 1.54) is 6.20 Å². The molecule has 6 heteroatoms. The molecule has 0 unspecified atom stereocenters. The molecule has 0 saturated heterocycles. The van der Waals surface area contributed by atoms with Crippen molar-refractivity contribution in [3.05, 3.63) is 41.4 Å². The fraction of sp³-hybridized carbons (Fsp3) is 0.167. The predicted molar refractivity (Wildman–Crippen MR) is 62.4 cm³/mol. The third-order valence-electron chi connectivity index (χ3n) is 2.44. The van der Waals surface area contributed by atoms with Crippen LogP contribution in [0.3, 0.4) is 0 Å². The van der Waals surface area contributed by atoms with Crippen molar-refractivity contribution in [1.29, 1.82) is 0 Å². The van der Waals surface area contributed by atoms with Crippen molar-refractivity contribution < 1.29 is 13.5 Å². The number of aryl methyl sites for hydroxylation is 2. The molecule has 0 bridgehead atoms. The molecular weight excluding hydrogens is 240 g/mol. The lowest BCUT2D eigenvalue weighted by Gasteiger charge is -2.08. The molecule has 0 aliphatic heterocycles. The van der Waals surface area contributed by atoms with Crippen LogP contribution in [-0.2, 0) is 0 Å². The number of anilines is 1. The van der Waals surface area contributed by atoms with Gasteiger partial charge in [0.15, 0.2) is 11.6 Å². The average molecular weight is 251 g/mol. The summed E-state index contributed by atoms with van der Waals surface area (Å²) in [6.07, 6.45) is 1.34. The first-order valence-corrected chi connectivity index (χ1v) is 5.20. The van der Waals surface area contributed by atoms with Crippen molar-refractivity contribution in [3.8, 4) is 11.6 Å². The lowest BCUT2D eigenvalue weighted by atomic mass is 10.3. The molecule has 0 spiro atoms. The van der Waals surface area contributed by atoms with E-state index in [4.69, 9.17) is 10.5 Å². The Morgan fingerprint density at radius 3 is 2.50 bits per heavy atom. The summed E-state index contributed by atoms with van der Waals surface area (Å²) in [5.74, 6) is -1.68. The molecule has 0 atom stereocenters. The maximum absolute atomic E-state index is 13.5. The Morgan fingerprint density at radius 1 is 1.11 bits per heavy atom. The van der Waals surface area contributed by atoms with Gasteiger partial charge in [0.25, 0.3) is 0 Å². The standard InChI is InChI=1S/C12H11F2N3O/c1-6-7(2)17-12(5-16-6)18-11-4-8(13)10(15)3-9(11)14/h3-5H,15H2,1-2H3. The highest BCUT2D eigenvalue weighted by Gasteiger charge is 2.11. The molecule has 18 heavy (non-hydrogen) atoms. The Labute approximate surface area is 102 Å². The van der Waals surface area contributed by atoms with E-state index in [-0.39, 0.29) is 17.3 Å². The Hall–Kier alpha value is -2.24. The Morgan fingerprint density at radius 2 is 1.83 bits per heavy atom. The van der Waals surface area contributed by atoms with Gasteiger partial charge in [-0.3, -0.25) is 4.98 Å². The fourth-order valence-corrected chi connectivity index (χ4v) is 1.30. The molecule has 1 heterocycles. The molecule has 0 amide bonds. The third kappa shape index (κ3) is 2.37. The number of benzene rings is 1. The Bertz CT molecular complexity index is 602. The largest absolute Gasteiger partial charge is 0.434 e. The van der Waals surface area contributed by atoms with Gasteiger partial charge >= 0.3 is 0 Å². The van der Waals surface area contributed by atoms with E-state index in [0.29, 0.717) is 5.69 Å². The molecule has 4 nitrogen and oxygen atoms in total. The number of nitrogens with zero attached hydrogens (tertiary/aromatic N) is 2. The van der Waals surface area contributed by atoms with Crippen molar-refractivity contribution in [2.45, 2.75) is 13.8 Å². The summed E-state index contributed by atoms with van der Waals surface area (Å²) < 4.78 is 31.8. The summed E-state index contributed by atoms with van der Waals surface area (Å²) in [5.41, 5.74) is 6.35. The van der Waals surface area contributed by atoms with Crippen LogP contribution in [0.15, 0.2) is 18.3 Å². The van der Waals surface area contributed by atoms with Crippen LogP contribution in [0, 0.1) is 25.5 Å². The van der Waals surface area contributed by atoms with Crippen LogP contribution in [0.1, 0.15) is 11.4 Å². The number of nitrogens with two attached hydrogens (primary N) is 1. The predicted octanol–water partition coefficient (Wildman–Crippen LogP) is 2.75. The van der Waals surface area contributed by atoms with E-state index in [0.717, 1.165) is 17.8 Å². The summed E-state index contributed by atoms with van der Waals surface area (Å²) >= 11 is 0. The number of hydrogen-bond acceptors (Lipinski definition) is 4. The van der Waals surface area contributed by atoms with Gasteiger partial charge in [0.2, 0.25) is 5.88 Å². The van der Waals surface area contributed by atoms with Crippen molar-refractivity contribution >= 4 is 5.69 Å². The van der Waals surface area contributed by atoms with E-state index < -0.39 is 11.6 Å². The number of rotatable bonds is 2. The monoisotopic (exact) mass is 251 g/mol. The molecule has 2 rings (SSSR count). The van der Waals surface area contributed by atoms with Gasteiger partial charge < -0.3 is 10.5 Å². The van der Waals surface area contributed by atoms with Gasteiger partial charge in [-0.25, -0.2) is 13.8 Å². The Balaban J connectivity index is 2.34. The second-order valence-corrected chi connectivity index (χ2v) is 3.79. The minimum Gasteiger partial charge on any atom is -0.434 e. The highest BCUT2D eigenvalue weighted by atomic mass is 19.1. The number of hydrogen-bond donors (Lipinski definition) is 1. The first-order chi connectivity index (χ1) is 8.47. The molecule has 0 aliphatic rings. The van der Waals surface area contributed by atoms with Crippen molar-refractivity contribution in [3.63, 3.8) is 0 Å². The van der Waals surface area contributed by atoms with Gasteiger partial charge in [0.05, 0.1) is 23.3 Å². The zero-order chi connectivity index (χ0) is 13.3. The number of halogens is 2. The van der Waals surface area contributed by atoms with Gasteiger partial charge in [-0.2, -0.15) is 0 Å². The van der Waals surface area contributed by atoms with Crippen LogP contribution in [0.25, 0.3) is 0 Å². The maximum Gasteiger partial charge on any atom is 0.238 e. The highest BCUT2D eigenvalue weighted by molar-refractivity contribution is 5.45. The van der Waals surface area contributed by atoms with Crippen LogP contribution in [0.2, 0.25) is 0 Å². The van der Waals surface area contributed by atoms with E-state index in [2.05, 4.69) is 9.97 Å². The zero-order valence-electron chi connectivity index (χ0n) is 9.87. The van der Waals surface area contributed by atoms with Gasteiger partial charge in [-0.05, 0) is 13.8 Å². The second kappa shape index (κ2) is 4.56. The van der Waals surface area contributed by atoms with Crippen LogP contribution >= 0.6 is 0 Å². The van der Waals surface area contributed by atoms with Gasteiger partial charge in [-0.15, -0.1) is 0 Å². The molecule has 0 fully saturated rings. The van der Waals surface area contributed by atoms with Gasteiger partial charge in [0.1, 0.15) is 5.82 Å². The van der Waals surface area contributed by atoms with Gasteiger partial charge in [0, 0.05) is 12.1 Å². The number of nitrogen functional groups attached to an aromatic ring is 1. The summed E-state index contributed by atoms with van der Waals surface area (Å²) in [4.78, 5) is 8.07. The van der Waals surface area contributed by atoms with E-state index in [1.807, 2.05) is 0 Å². The van der Waals surface area contributed by atoms with Gasteiger partial charge in [-0.1, -0.05) is 0 Å². The summed E-state index contributed by atoms with van der Waals surface area (Å²) in [5, 5.41) is 0. The van der Waals surface area contributed by atoms with E-state index in [1.54, 1.807) is 13.8 Å². The molecule has 0 radical (unpaired) electrons. The molecule has 94 valence electrons. The van der Waals surface area contributed by atoms with Crippen LogP contribution in [-0.4, -0.2) is 9.97 Å². The normalized spacial score (nSPS) is 10.4. The molecule has 1 aromatic heterocycles. The summed E-state index contributed by atoms with van der Waals surface area (Å²) in [6.45, 7) is 3.53. The highest BCUT2D eigenvalue weighted by Crippen LogP contribution is 2.26. The van der Waals surface area contributed by atoms with Crippen molar-refractivity contribution in [1.82, 2.24) is 9.97 Å². The van der Waals surface area contributed by atoms with Crippen molar-refractivity contribution in [2.24, 2.45) is 0 Å². The lowest BCUT2D eigenvalue weighted by Crippen LogP contribution is -1.98. The number of aromatic nitrogens is 2. The average Bonchev–Trinajstić information content (AvgIpc) is 2.31. The zero-order valence-corrected chi connectivity index (χ0v) is 9.87. The van der Waals surface area contributed by atoms with Crippen molar-refractivity contribution in [2.75, 3.05) is 5.73 Å². The fourth-order valence-electron chi connectivity index (χ4n) is 1.30. The molecule has 1 aromatic carbocycles. The molecule has 0 saturated carbocycles. The molecular formula is C12H11F2N3O. The molecule has 2 N–H and O–H groups in total. The van der Waals surface area contributed by atoms with Crippen LogP contribution in [0.4, 0.5) is 14.5 Å². The smallest absolute Gasteiger partial charge is 0.238 e. The topological polar surface area (TPSA) is 61.0 Å². The first-order valence-electron chi connectivity index (χ1n) is 5.20. The summed E-state index contributed by atoms with van der Waals surface area (Å²) in [6, 6.07) is 1.74. The minimum absolute atomic E-state index is 0.0983. The summed E-state index contributed by atoms with van der Waals surface area (Å²) in [7, 11) is 0. The third-order valence-corrected chi connectivity index (χ3v) is 2.44. The van der Waals surface area contributed by atoms with E-state index >= 15 is 0 Å². The van der Waals surface area contributed by atoms with E-state index in [9.17, 15) is 8.78 Å². The second-order valence-electron chi connectivity index (χ2n) is 3.79.